The van der Waals surface area contributed by atoms with Crippen LogP contribution < -0.4 is 10.6 Å². The van der Waals surface area contributed by atoms with E-state index in [4.69, 9.17) is 0 Å². The van der Waals surface area contributed by atoms with Gasteiger partial charge in [0.1, 0.15) is 0 Å². The van der Waals surface area contributed by atoms with Gasteiger partial charge < -0.3 is 10.6 Å². The van der Waals surface area contributed by atoms with Gasteiger partial charge in [0, 0.05) is 18.7 Å². The lowest BCUT2D eigenvalue weighted by molar-refractivity contribution is -0.137. The van der Waals surface area contributed by atoms with E-state index in [0.29, 0.717) is 0 Å². The highest BCUT2D eigenvalue weighted by Gasteiger charge is 2.34. The first kappa shape index (κ1) is 17.7. The molecular weight excluding hydrogens is 341 g/mol. The topological polar surface area (TPSA) is 58.2 Å². The quantitative estimate of drug-likeness (QED) is 0.801. The van der Waals surface area contributed by atoms with Crippen LogP contribution >= 0.6 is 11.3 Å². The van der Waals surface area contributed by atoms with E-state index in [1.807, 2.05) is 5.38 Å². The average Bonchev–Trinajstić information content (AvgIpc) is 2.98. The summed E-state index contributed by atoms with van der Waals surface area (Å²) in [4.78, 5) is 22.8. The summed E-state index contributed by atoms with van der Waals surface area (Å²) in [5.74, 6) is -1.17. The molecule has 0 unspecified atom stereocenters. The van der Waals surface area contributed by atoms with Gasteiger partial charge in [-0.3, -0.25) is 9.59 Å². The van der Waals surface area contributed by atoms with Gasteiger partial charge in [-0.25, -0.2) is 0 Å². The molecule has 1 aromatic carbocycles. The zero-order chi connectivity index (χ0) is 17.7. The molecule has 126 valence electrons. The van der Waals surface area contributed by atoms with Crippen molar-refractivity contribution in [3.63, 3.8) is 0 Å². The Bertz CT molecular complexity index is 768. The van der Waals surface area contributed by atoms with Crippen molar-refractivity contribution in [3.8, 4) is 0 Å². The van der Waals surface area contributed by atoms with Crippen molar-refractivity contribution in [1.29, 1.82) is 0 Å². The number of amides is 2. The van der Waals surface area contributed by atoms with Crippen LogP contribution in [0.15, 0.2) is 41.1 Å². The first-order valence-electron chi connectivity index (χ1n) is 6.76. The second-order valence-electron chi connectivity index (χ2n) is 4.82. The summed E-state index contributed by atoms with van der Waals surface area (Å²) in [6, 6.07) is 4.94. The lowest BCUT2D eigenvalue weighted by atomic mass is 10.1. The van der Waals surface area contributed by atoms with Gasteiger partial charge in [0.05, 0.1) is 11.3 Å². The molecular formula is C16H13F3N2O2S. The summed E-state index contributed by atoms with van der Waals surface area (Å²) < 4.78 is 39.4. The number of alkyl halides is 3. The average molecular weight is 354 g/mol. The van der Waals surface area contributed by atoms with Crippen molar-refractivity contribution < 1.29 is 22.8 Å². The maximum Gasteiger partial charge on any atom is 0.418 e. The number of hydrogen-bond acceptors (Lipinski definition) is 3. The summed E-state index contributed by atoms with van der Waals surface area (Å²) in [6.45, 7) is 1.19. The lowest BCUT2D eigenvalue weighted by Gasteiger charge is -2.15. The SMILES string of the molecule is CC(=O)Nc1ccc(NC(=O)C=Cc2ccsc2)c(C(F)(F)F)c1. The van der Waals surface area contributed by atoms with Gasteiger partial charge in [0.15, 0.2) is 0 Å². The number of carbonyl (C=O) groups is 2. The Morgan fingerprint density at radius 1 is 1.17 bits per heavy atom. The number of carbonyl (C=O) groups excluding carboxylic acids is 2. The molecule has 1 aromatic heterocycles. The fourth-order valence-electron chi connectivity index (χ4n) is 1.88. The molecule has 24 heavy (non-hydrogen) atoms. The van der Waals surface area contributed by atoms with Gasteiger partial charge in [-0.05, 0) is 46.7 Å². The minimum atomic E-state index is -4.67. The number of thiophene rings is 1. The van der Waals surface area contributed by atoms with Gasteiger partial charge in [0.2, 0.25) is 11.8 Å². The molecule has 0 radical (unpaired) electrons. The van der Waals surface area contributed by atoms with E-state index in [0.717, 1.165) is 23.8 Å². The molecule has 0 aliphatic heterocycles. The molecule has 2 amide bonds. The highest BCUT2D eigenvalue weighted by atomic mass is 32.1. The molecule has 0 saturated heterocycles. The fraction of sp³-hybridized carbons (Fsp3) is 0.125. The molecule has 0 bridgehead atoms. The second-order valence-corrected chi connectivity index (χ2v) is 5.60. The van der Waals surface area contributed by atoms with Crippen LogP contribution in [0.2, 0.25) is 0 Å². The van der Waals surface area contributed by atoms with Crippen molar-refractivity contribution in [1.82, 2.24) is 0 Å². The molecule has 0 atom stereocenters. The lowest BCUT2D eigenvalue weighted by Crippen LogP contribution is -2.16. The Morgan fingerprint density at radius 3 is 2.50 bits per heavy atom. The first-order valence-corrected chi connectivity index (χ1v) is 7.70. The van der Waals surface area contributed by atoms with Crippen LogP contribution in [0, 0.1) is 0 Å². The van der Waals surface area contributed by atoms with Crippen LogP contribution in [-0.2, 0) is 15.8 Å². The van der Waals surface area contributed by atoms with E-state index in [2.05, 4.69) is 10.6 Å². The molecule has 2 rings (SSSR count). The van der Waals surface area contributed by atoms with E-state index in [1.165, 1.54) is 30.4 Å². The summed E-state index contributed by atoms with van der Waals surface area (Å²) in [5, 5.41) is 8.10. The predicted molar refractivity (Wildman–Crippen MR) is 87.7 cm³/mol. The maximum absolute atomic E-state index is 13.1. The van der Waals surface area contributed by atoms with Crippen LogP contribution in [0.25, 0.3) is 6.08 Å². The number of hydrogen-bond donors (Lipinski definition) is 2. The normalized spacial score (nSPS) is 11.5. The van der Waals surface area contributed by atoms with Gasteiger partial charge in [0.25, 0.3) is 0 Å². The minimum Gasteiger partial charge on any atom is -0.326 e. The van der Waals surface area contributed by atoms with Gasteiger partial charge >= 0.3 is 6.18 Å². The van der Waals surface area contributed by atoms with E-state index >= 15 is 0 Å². The fourth-order valence-corrected chi connectivity index (χ4v) is 2.51. The van der Waals surface area contributed by atoms with Gasteiger partial charge in [-0.15, -0.1) is 0 Å². The first-order chi connectivity index (χ1) is 11.3. The number of anilines is 2. The summed E-state index contributed by atoms with van der Waals surface area (Å²) in [6.07, 6.45) is -2.01. The number of halogens is 3. The minimum absolute atomic E-state index is 0.00152. The van der Waals surface area contributed by atoms with E-state index in [9.17, 15) is 22.8 Å². The van der Waals surface area contributed by atoms with Crippen molar-refractivity contribution in [2.24, 2.45) is 0 Å². The van der Waals surface area contributed by atoms with E-state index in [-0.39, 0.29) is 11.4 Å². The maximum atomic E-state index is 13.1. The highest BCUT2D eigenvalue weighted by molar-refractivity contribution is 7.08. The van der Waals surface area contributed by atoms with E-state index in [1.54, 1.807) is 11.4 Å². The molecule has 4 nitrogen and oxygen atoms in total. The molecule has 1 heterocycles. The summed E-state index contributed by atoms with van der Waals surface area (Å²) >= 11 is 1.44. The number of nitrogens with one attached hydrogen (secondary N) is 2. The smallest absolute Gasteiger partial charge is 0.326 e. The van der Waals surface area contributed by atoms with Crippen molar-refractivity contribution in [2.75, 3.05) is 10.6 Å². The zero-order valence-corrected chi connectivity index (χ0v) is 13.3. The monoisotopic (exact) mass is 354 g/mol. The third-order valence-electron chi connectivity index (χ3n) is 2.87. The Balaban J connectivity index is 2.22. The molecule has 8 heteroatoms. The Hall–Kier alpha value is -2.61. The Labute approximate surface area is 140 Å². The van der Waals surface area contributed by atoms with Gasteiger partial charge in [-0.2, -0.15) is 24.5 Å². The molecule has 0 aliphatic carbocycles. The Morgan fingerprint density at radius 2 is 1.92 bits per heavy atom. The van der Waals surface area contributed by atoms with Gasteiger partial charge in [-0.1, -0.05) is 0 Å². The van der Waals surface area contributed by atoms with Crippen LogP contribution in [0.4, 0.5) is 24.5 Å². The molecule has 2 N–H and O–H groups in total. The molecule has 0 aliphatic rings. The van der Waals surface area contributed by atoms with Crippen LogP contribution in [0.1, 0.15) is 18.1 Å². The highest BCUT2D eigenvalue weighted by Crippen LogP contribution is 2.36. The van der Waals surface area contributed by atoms with Crippen LogP contribution in [0.5, 0.6) is 0 Å². The molecule has 0 spiro atoms. The third kappa shape index (κ3) is 4.95. The van der Waals surface area contributed by atoms with E-state index < -0.39 is 23.6 Å². The second kappa shape index (κ2) is 7.31. The largest absolute Gasteiger partial charge is 0.418 e. The molecule has 0 fully saturated rings. The van der Waals surface area contributed by atoms with Crippen LogP contribution in [0.3, 0.4) is 0 Å². The predicted octanol–water partition coefficient (Wildman–Crippen LogP) is 4.38. The summed E-state index contributed by atoms with van der Waals surface area (Å²) in [7, 11) is 0. The zero-order valence-electron chi connectivity index (χ0n) is 12.5. The Kier molecular flexibility index (Phi) is 5.40. The molecule has 0 saturated carbocycles. The number of rotatable bonds is 4. The van der Waals surface area contributed by atoms with Crippen molar-refractivity contribution in [3.05, 3.63) is 52.2 Å². The van der Waals surface area contributed by atoms with Crippen molar-refractivity contribution in [2.45, 2.75) is 13.1 Å². The summed E-state index contributed by atoms with van der Waals surface area (Å²) in [5.41, 5.74) is -0.628. The van der Waals surface area contributed by atoms with Crippen molar-refractivity contribution >= 4 is 40.6 Å². The molecule has 2 aromatic rings. The number of benzene rings is 1. The third-order valence-corrected chi connectivity index (χ3v) is 3.58. The standard InChI is InChI=1S/C16H13F3N2O2S/c1-10(22)20-12-3-4-14(13(8-12)16(17,18)19)21-15(23)5-2-11-6-7-24-9-11/h2-9H,1H3,(H,20,22)(H,21,23). The van der Waals surface area contributed by atoms with Crippen LogP contribution in [-0.4, -0.2) is 11.8 Å².